The van der Waals surface area contributed by atoms with E-state index in [1.165, 1.54) is 6.07 Å². The maximum Gasteiger partial charge on any atom is 0.159 e. The molecule has 23 heavy (non-hydrogen) atoms. The minimum Gasteiger partial charge on any atom is -0.337 e. The van der Waals surface area contributed by atoms with Crippen LogP contribution in [0.5, 0.6) is 0 Å². The number of H-pyrrole nitrogens is 2. The number of nitrogens with zero attached hydrogens (tertiary/aromatic N) is 2. The third-order valence-corrected chi connectivity index (χ3v) is 3.73. The van der Waals surface area contributed by atoms with Crippen molar-refractivity contribution in [3.05, 3.63) is 59.1 Å². The fourth-order valence-electron chi connectivity index (χ4n) is 2.36. The molecule has 0 amide bonds. The predicted octanol–water partition coefficient (Wildman–Crippen LogP) is 4.55. The SMILES string of the molecule is Fc1ccc(-c2cc(-c3nc4ccc(Cl)cc4[nH]3)[nH]n2)cc1F. The molecule has 0 aliphatic carbocycles. The van der Waals surface area contributed by atoms with Crippen molar-refractivity contribution in [1.82, 2.24) is 20.2 Å². The van der Waals surface area contributed by atoms with Crippen molar-refractivity contribution in [2.75, 3.05) is 0 Å². The molecule has 2 aromatic heterocycles. The molecule has 2 heterocycles. The number of aromatic amines is 2. The van der Waals surface area contributed by atoms with Gasteiger partial charge in [-0.2, -0.15) is 5.10 Å². The van der Waals surface area contributed by atoms with Crippen LogP contribution in [0.15, 0.2) is 42.5 Å². The van der Waals surface area contributed by atoms with Gasteiger partial charge < -0.3 is 4.98 Å². The third kappa shape index (κ3) is 2.47. The molecule has 4 aromatic rings. The predicted molar refractivity (Wildman–Crippen MR) is 84.0 cm³/mol. The lowest BCUT2D eigenvalue weighted by atomic mass is 10.1. The van der Waals surface area contributed by atoms with Crippen molar-refractivity contribution in [2.24, 2.45) is 0 Å². The second-order valence-corrected chi connectivity index (χ2v) is 5.48. The van der Waals surface area contributed by atoms with Gasteiger partial charge in [0.15, 0.2) is 17.5 Å². The van der Waals surface area contributed by atoms with Crippen molar-refractivity contribution < 1.29 is 8.78 Å². The quantitative estimate of drug-likeness (QED) is 0.566. The van der Waals surface area contributed by atoms with E-state index in [9.17, 15) is 8.78 Å². The first-order chi connectivity index (χ1) is 11.1. The van der Waals surface area contributed by atoms with Crippen molar-refractivity contribution in [2.45, 2.75) is 0 Å². The largest absolute Gasteiger partial charge is 0.337 e. The molecule has 0 bridgehead atoms. The summed E-state index contributed by atoms with van der Waals surface area (Å²) in [5.41, 5.74) is 3.19. The summed E-state index contributed by atoms with van der Waals surface area (Å²) in [6.07, 6.45) is 0. The first-order valence-corrected chi connectivity index (χ1v) is 7.14. The van der Waals surface area contributed by atoms with Gasteiger partial charge >= 0.3 is 0 Å². The van der Waals surface area contributed by atoms with Crippen LogP contribution in [-0.2, 0) is 0 Å². The van der Waals surface area contributed by atoms with Crippen LogP contribution in [0.2, 0.25) is 5.02 Å². The lowest BCUT2D eigenvalue weighted by Crippen LogP contribution is -1.85. The van der Waals surface area contributed by atoms with E-state index < -0.39 is 11.6 Å². The zero-order valence-corrected chi connectivity index (χ0v) is 12.3. The van der Waals surface area contributed by atoms with E-state index in [4.69, 9.17) is 11.6 Å². The van der Waals surface area contributed by atoms with Crippen LogP contribution < -0.4 is 0 Å². The topological polar surface area (TPSA) is 57.4 Å². The molecule has 2 N–H and O–H groups in total. The second-order valence-electron chi connectivity index (χ2n) is 5.04. The Morgan fingerprint density at radius 3 is 2.65 bits per heavy atom. The second kappa shape index (κ2) is 5.17. The molecule has 0 aliphatic rings. The first kappa shape index (κ1) is 13.9. The molecule has 0 unspecified atom stereocenters. The summed E-state index contributed by atoms with van der Waals surface area (Å²) < 4.78 is 26.3. The van der Waals surface area contributed by atoms with E-state index in [2.05, 4.69) is 20.2 Å². The summed E-state index contributed by atoms with van der Waals surface area (Å²) in [5.74, 6) is -1.22. The fraction of sp³-hybridized carbons (Fsp3) is 0. The van der Waals surface area contributed by atoms with Gasteiger partial charge in [0.1, 0.15) is 5.69 Å². The van der Waals surface area contributed by atoms with E-state index in [1.54, 1.807) is 18.2 Å². The Hall–Kier alpha value is -2.73. The van der Waals surface area contributed by atoms with Crippen molar-refractivity contribution in [3.63, 3.8) is 0 Å². The summed E-state index contributed by atoms with van der Waals surface area (Å²) in [7, 11) is 0. The van der Waals surface area contributed by atoms with Gasteiger partial charge in [0, 0.05) is 10.6 Å². The maximum absolute atomic E-state index is 13.3. The average Bonchev–Trinajstić information content (AvgIpc) is 3.15. The van der Waals surface area contributed by atoms with Gasteiger partial charge in [-0.25, -0.2) is 13.8 Å². The minimum absolute atomic E-state index is 0.477. The molecule has 4 rings (SSSR count). The van der Waals surface area contributed by atoms with Crippen molar-refractivity contribution in [3.8, 4) is 22.8 Å². The molecule has 0 atom stereocenters. The Kier molecular flexibility index (Phi) is 3.12. The van der Waals surface area contributed by atoms with E-state index in [-0.39, 0.29) is 0 Å². The molecular formula is C16H9ClF2N4. The van der Waals surface area contributed by atoms with Crippen LogP contribution in [0.25, 0.3) is 33.8 Å². The number of halogens is 3. The number of rotatable bonds is 2. The molecule has 0 saturated heterocycles. The highest BCUT2D eigenvalue weighted by atomic mass is 35.5. The molecule has 0 saturated carbocycles. The summed E-state index contributed by atoms with van der Waals surface area (Å²) in [6.45, 7) is 0. The number of nitrogens with one attached hydrogen (secondary N) is 2. The molecule has 7 heteroatoms. The molecule has 0 aliphatic heterocycles. The lowest BCUT2D eigenvalue weighted by Gasteiger charge is -1.96. The van der Waals surface area contributed by atoms with Gasteiger partial charge in [-0.15, -0.1) is 0 Å². The van der Waals surface area contributed by atoms with Gasteiger partial charge in [0.05, 0.1) is 16.7 Å². The van der Waals surface area contributed by atoms with E-state index in [0.29, 0.717) is 27.8 Å². The van der Waals surface area contributed by atoms with Gasteiger partial charge in [-0.1, -0.05) is 11.6 Å². The van der Waals surface area contributed by atoms with Gasteiger partial charge in [0.2, 0.25) is 0 Å². The fourth-order valence-corrected chi connectivity index (χ4v) is 2.53. The highest BCUT2D eigenvalue weighted by Crippen LogP contribution is 2.26. The number of hydrogen-bond donors (Lipinski definition) is 2. The van der Waals surface area contributed by atoms with Crippen LogP contribution in [0.3, 0.4) is 0 Å². The Labute approximate surface area is 134 Å². The lowest BCUT2D eigenvalue weighted by molar-refractivity contribution is 0.509. The normalized spacial score (nSPS) is 11.3. The number of hydrogen-bond acceptors (Lipinski definition) is 2. The molecule has 0 radical (unpaired) electrons. The molecule has 0 fully saturated rings. The molecular weight excluding hydrogens is 322 g/mol. The summed E-state index contributed by atoms with van der Waals surface area (Å²) in [4.78, 5) is 7.58. The Balaban J connectivity index is 1.75. The zero-order valence-electron chi connectivity index (χ0n) is 11.6. The minimum atomic E-state index is -0.912. The smallest absolute Gasteiger partial charge is 0.159 e. The molecule has 0 spiro atoms. The van der Waals surface area contributed by atoms with Crippen LogP contribution in [-0.4, -0.2) is 20.2 Å². The Morgan fingerprint density at radius 2 is 1.83 bits per heavy atom. The summed E-state index contributed by atoms with van der Waals surface area (Å²) in [6, 6.07) is 10.7. The maximum atomic E-state index is 13.3. The molecule has 2 aromatic carbocycles. The Bertz CT molecular complexity index is 1020. The van der Waals surface area contributed by atoms with Gasteiger partial charge in [0.25, 0.3) is 0 Å². The van der Waals surface area contributed by atoms with E-state index >= 15 is 0 Å². The zero-order chi connectivity index (χ0) is 16.0. The average molecular weight is 331 g/mol. The summed E-state index contributed by atoms with van der Waals surface area (Å²) >= 11 is 5.95. The third-order valence-electron chi connectivity index (χ3n) is 3.49. The van der Waals surface area contributed by atoms with Crippen molar-refractivity contribution >= 4 is 22.6 Å². The highest BCUT2D eigenvalue weighted by Gasteiger charge is 2.12. The number of imidazole rings is 1. The number of fused-ring (bicyclic) bond motifs is 1. The standard InChI is InChI=1S/C16H9ClF2N4/c17-9-2-4-12-14(6-9)21-16(20-12)15-7-13(22-23-15)8-1-3-10(18)11(19)5-8/h1-7H,(H,20,21)(H,22,23). The van der Waals surface area contributed by atoms with Gasteiger partial charge in [-0.3, -0.25) is 5.10 Å². The summed E-state index contributed by atoms with van der Waals surface area (Å²) in [5, 5.41) is 7.57. The Morgan fingerprint density at radius 1 is 0.957 bits per heavy atom. The van der Waals surface area contributed by atoms with Crippen LogP contribution in [0.1, 0.15) is 0 Å². The monoisotopic (exact) mass is 330 g/mol. The van der Waals surface area contributed by atoms with Gasteiger partial charge in [-0.05, 0) is 42.5 Å². The van der Waals surface area contributed by atoms with E-state index in [1.807, 2.05) is 6.07 Å². The van der Waals surface area contributed by atoms with Crippen LogP contribution >= 0.6 is 11.6 Å². The van der Waals surface area contributed by atoms with Crippen LogP contribution in [0.4, 0.5) is 8.78 Å². The number of aromatic nitrogens is 4. The highest BCUT2D eigenvalue weighted by molar-refractivity contribution is 6.31. The molecule has 4 nitrogen and oxygen atoms in total. The van der Waals surface area contributed by atoms with Crippen LogP contribution in [0, 0.1) is 11.6 Å². The van der Waals surface area contributed by atoms with E-state index in [0.717, 1.165) is 23.2 Å². The van der Waals surface area contributed by atoms with Crippen molar-refractivity contribution in [1.29, 1.82) is 0 Å². The first-order valence-electron chi connectivity index (χ1n) is 6.76. The number of benzene rings is 2. The molecule has 114 valence electrons.